The molecule has 124 valence electrons. The van der Waals surface area contributed by atoms with Gasteiger partial charge in [0.1, 0.15) is 0 Å². The van der Waals surface area contributed by atoms with Crippen molar-refractivity contribution in [1.82, 2.24) is 10.6 Å². The van der Waals surface area contributed by atoms with Crippen LogP contribution < -0.4 is 16.0 Å². The van der Waals surface area contributed by atoms with Crippen LogP contribution >= 0.6 is 0 Å². The molecule has 0 unspecified atom stereocenters. The van der Waals surface area contributed by atoms with E-state index >= 15 is 0 Å². The molecule has 3 amide bonds. The van der Waals surface area contributed by atoms with Crippen molar-refractivity contribution in [2.75, 3.05) is 5.32 Å². The van der Waals surface area contributed by atoms with Crippen molar-refractivity contribution >= 4 is 17.6 Å². The van der Waals surface area contributed by atoms with Crippen LogP contribution in [0.5, 0.6) is 0 Å². The fraction of sp³-hybridized carbons (Fsp3) is 0.471. The Balaban J connectivity index is 2.83. The first kappa shape index (κ1) is 18.5. The topological polar surface area (TPSA) is 94.0 Å². The smallest absolute Gasteiger partial charge is 0.319 e. The lowest BCUT2D eigenvalue weighted by molar-refractivity contribution is 0.0920. The molecule has 0 aliphatic rings. The zero-order valence-electron chi connectivity index (χ0n) is 14.1. The van der Waals surface area contributed by atoms with Crippen molar-refractivity contribution in [2.45, 2.75) is 52.1 Å². The zero-order chi connectivity index (χ0) is 17.5. The van der Waals surface area contributed by atoms with Crippen molar-refractivity contribution in [3.05, 3.63) is 29.8 Å². The van der Waals surface area contributed by atoms with E-state index in [1.54, 1.807) is 24.3 Å². The van der Waals surface area contributed by atoms with Crippen LogP contribution in [0.2, 0.25) is 0 Å². The van der Waals surface area contributed by atoms with Crippen LogP contribution in [0, 0.1) is 11.3 Å². The van der Waals surface area contributed by atoms with Crippen molar-refractivity contribution in [3.8, 4) is 6.07 Å². The van der Waals surface area contributed by atoms with Gasteiger partial charge in [-0.2, -0.15) is 5.26 Å². The summed E-state index contributed by atoms with van der Waals surface area (Å²) in [5.41, 5.74) is 0.455. The van der Waals surface area contributed by atoms with Gasteiger partial charge in [0.2, 0.25) is 0 Å². The Morgan fingerprint density at radius 2 is 1.91 bits per heavy atom. The van der Waals surface area contributed by atoms with E-state index in [-0.39, 0.29) is 23.9 Å². The first-order valence-corrected chi connectivity index (χ1v) is 7.63. The SMILES string of the molecule is CC[C@@H](CC#N)NC(=O)Nc1ccccc1C(=O)NC(C)(C)C. The van der Waals surface area contributed by atoms with Gasteiger partial charge in [-0.05, 0) is 39.3 Å². The van der Waals surface area contributed by atoms with E-state index in [2.05, 4.69) is 16.0 Å². The average molecular weight is 316 g/mol. The summed E-state index contributed by atoms with van der Waals surface area (Å²) in [7, 11) is 0. The number of nitrogens with one attached hydrogen (secondary N) is 3. The number of para-hydroxylation sites is 1. The van der Waals surface area contributed by atoms with Gasteiger partial charge in [0.15, 0.2) is 0 Å². The second kappa shape index (κ2) is 8.18. The molecule has 0 aliphatic carbocycles. The van der Waals surface area contributed by atoms with Crippen molar-refractivity contribution in [1.29, 1.82) is 5.26 Å². The van der Waals surface area contributed by atoms with Gasteiger partial charge < -0.3 is 16.0 Å². The van der Waals surface area contributed by atoms with Crippen LogP contribution in [0.25, 0.3) is 0 Å². The Morgan fingerprint density at radius 3 is 2.48 bits per heavy atom. The van der Waals surface area contributed by atoms with Gasteiger partial charge in [-0.3, -0.25) is 4.79 Å². The largest absolute Gasteiger partial charge is 0.347 e. The standard InChI is InChI=1S/C17H24N4O2/c1-5-12(10-11-18)19-16(23)20-14-9-7-6-8-13(14)15(22)21-17(2,3)4/h6-9,12H,5,10H2,1-4H3,(H,21,22)(H2,19,20,23)/t12-/m0/s1. The van der Waals surface area contributed by atoms with Crippen molar-refractivity contribution < 1.29 is 9.59 Å². The number of anilines is 1. The summed E-state index contributed by atoms with van der Waals surface area (Å²) in [5.74, 6) is -0.252. The third-order valence-corrected chi connectivity index (χ3v) is 3.07. The summed E-state index contributed by atoms with van der Waals surface area (Å²) >= 11 is 0. The highest BCUT2D eigenvalue weighted by atomic mass is 16.2. The maximum Gasteiger partial charge on any atom is 0.319 e. The number of urea groups is 1. The molecule has 0 spiro atoms. The van der Waals surface area contributed by atoms with Gasteiger partial charge in [0, 0.05) is 11.6 Å². The predicted molar refractivity (Wildman–Crippen MR) is 90.1 cm³/mol. The molecule has 0 bridgehead atoms. The number of carbonyl (C=O) groups excluding carboxylic acids is 2. The first-order valence-electron chi connectivity index (χ1n) is 7.63. The molecule has 0 aromatic heterocycles. The zero-order valence-corrected chi connectivity index (χ0v) is 14.1. The van der Waals surface area contributed by atoms with Gasteiger partial charge in [-0.1, -0.05) is 19.1 Å². The lowest BCUT2D eigenvalue weighted by Gasteiger charge is -2.22. The molecule has 3 N–H and O–H groups in total. The van der Waals surface area contributed by atoms with E-state index in [1.165, 1.54) is 0 Å². The summed E-state index contributed by atoms with van der Waals surface area (Å²) in [6.07, 6.45) is 0.906. The minimum absolute atomic E-state index is 0.212. The van der Waals surface area contributed by atoms with E-state index in [4.69, 9.17) is 5.26 Å². The summed E-state index contributed by atoms with van der Waals surface area (Å²) in [6, 6.07) is 8.21. The fourth-order valence-corrected chi connectivity index (χ4v) is 1.95. The third kappa shape index (κ3) is 6.39. The predicted octanol–water partition coefficient (Wildman–Crippen LogP) is 3.03. The van der Waals surface area contributed by atoms with Gasteiger partial charge in [0.05, 0.1) is 23.7 Å². The summed E-state index contributed by atoms with van der Waals surface area (Å²) in [6.45, 7) is 7.57. The average Bonchev–Trinajstić information content (AvgIpc) is 2.45. The number of amides is 3. The van der Waals surface area contributed by atoms with E-state index in [0.29, 0.717) is 17.7 Å². The molecule has 1 aromatic carbocycles. The number of rotatable bonds is 5. The highest BCUT2D eigenvalue weighted by Gasteiger charge is 2.19. The summed E-state index contributed by atoms with van der Waals surface area (Å²) in [5, 5.41) is 17.0. The maximum absolute atomic E-state index is 12.3. The van der Waals surface area contributed by atoms with Crippen LogP contribution in [0.3, 0.4) is 0 Å². The molecule has 23 heavy (non-hydrogen) atoms. The van der Waals surface area contributed by atoms with Gasteiger partial charge in [-0.25, -0.2) is 4.79 Å². The molecule has 0 fully saturated rings. The summed E-state index contributed by atoms with van der Waals surface area (Å²) in [4.78, 5) is 24.4. The third-order valence-electron chi connectivity index (χ3n) is 3.07. The van der Waals surface area contributed by atoms with Gasteiger partial charge in [0.25, 0.3) is 5.91 Å². The number of benzene rings is 1. The number of carbonyl (C=O) groups is 2. The lowest BCUT2D eigenvalue weighted by atomic mass is 10.1. The van der Waals surface area contributed by atoms with E-state index in [0.717, 1.165) is 0 Å². The van der Waals surface area contributed by atoms with Crippen LogP contribution in [0.4, 0.5) is 10.5 Å². The van der Waals surface area contributed by atoms with Gasteiger partial charge >= 0.3 is 6.03 Å². The number of hydrogen-bond donors (Lipinski definition) is 3. The first-order chi connectivity index (χ1) is 10.8. The monoisotopic (exact) mass is 316 g/mol. The van der Waals surface area contributed by atoms with Crippen molar-refractivity contribution in [2.24, 2.45) is 0 Å². The van der Waals surface area contributed by atoms with E-state index in [9.17, 15) is 9.59 Å². The maximum atomic E-state index is 12.3. The van der Waals surface area contributed by atoms with Crippen molar-refractivity contribution in [3.63, 3.8) is 0 Å². The Hall–Kier alpha value is -2.55. The molecule has 6 heteroatoms. The fourth-order valence-electron chi connectivity index (χ4n) is 1.95. The molecule has 1 aromatic rings. The minimum Gasteiger partial charge on any atom is -0.347 e. The number of hydrogen-bond acceptors (Lipinski definition) is 3. The Kier molecular flexibility index (Phi) is 6.58. The highest BCUT2D eigenvalue weighted by molar-refractivity contribution is 6.03. The molecule has 0 aliphatic heterocycles. The van der Waals surface area contributed by atoms with Gasteiger partial charge in [-0.15, -0.1) is 0 Å². The van der Waals surface area contributed by atoms with E-state index in [1.807, 2.05) is 33.8 Å². The molecule has 0 heterocycles. The molecule has 0 saturated carbocycles. The quantitative estimate of drug-likeness (QED) is 0.779. The lowest BCUT2D eigenvalue weighted by Crippen LogP contribution is -2.41. The molecular weight excluding hydrogens is 292 g/mol. The molecule has 0 saturated heterocycles. The van der Waals surface area contributed by atoms with Crippen LogP contribution in [0.1, 0.15) is 50.9 Å². The minimum atomic E-state index is -0.428. The molecule has 1 rings (SSSR count). The number of nitrogens with zero attached hydrogens (tertiary/aromatic N) is 1. The van der Waals surface area contributed by atoms with E-state index < -0.39 is 6.03 Å². The molecule has 0 radical (unpaired) electrons. The Bertz CT molecular complexity index is 599. The number of nitriles is 1. The normalized spacial score (nSPS) is 12.0. The van der Waals surface area contributed by atoms with Crippen LogP contribution in [0.15, 0.2) is 24.3 Å². The Morgan fingerprint density at radius 1 is 1.26 bits per heavy atom. The second-order valence-corrected chi connectivity index (χ2v) is 6.32. The molecule has 1 atom stereocenters. The Labute approximate surface area is 137 Å². The molecular formula is C17H24N4O2. The second-order valence-electron chi connectivity index (χ2n) is 6.32. The van der Waals surface area contributed by atoms with Crippen LogP contribution in [-0.4, -0.2) is 23.5 Å². The summed E-state index contributed by atoms with van der Waals surface area (Å²) < 4.78 is 0. The highest BCUT2D eigenvalue weighted by Crippen LogP contribution is 2.16. The molecule has 6 nitrogen and oxygen atoms in total. The van der Waals surface area contributed by atoms with Crippen LogP contribution in [-0.2, 0) is 0 Å².